The average molecular weight is 361 g/mol. The molecule has 0 saturated heterocycles. The number of benzene rings is 2. The van der Waals surface area contributed by atoms with Crippen LogP contribution in [0.25, 0.3) is 17.1 Å². The van der Waals surface area contributed by atoms with Crippen molar-refractivity contribution in [2.45, 2.75) is 13.5 Å². The Kier molecular flexibility index (Phi) is 4.60. The van der Waals surface area contributed by atoms with Crippen LogP contribution in [0.5, 0.6) is 0 Å². The van der Waals surface area contributed by atoms with Crippen molar-refractivity contribution in [2.75, 3.05) is 0 Å². The van der Waals surface area contributed by atoms with Gasteiger partial charge in [0, 0.05) is 16.2 Å². The van der Waals surface area contributed by atoms with Crippen LogP contribution >= 0.6 is 23.2 Å². The van der Waals surface area contributed by atoms with E-state index in [0.29, 0.717) is 20.9 Å². The van der Waals surface area contributed by atoms with Crippen LogP contribution < -0.4 is 11.2 Å². The Labute approximate surface area is 148 Å². The minimum Gasteiger partial charge on any atom is -0.269 e. The maximum atomic E-state index is 12.8. The van der Waals surface area contributed by atoms with Crippen LogP contribution in [0.3, 0.4) is 0 Å². The van der Waals surface area contributed by atoms with Crippen LogP contribution in [0.2, 0.25) is 10.0 Å². The first kappa shape index (κ1) is 16.6. The molecule has 3 rings (SSSR count). The standard InChI is InChI=1S/C18H14Cl2N2O2/c1-2-9-21-16-10-14(20)7-8-15(16)17(23)22(18(21)24)11-12-3-5-13(19)6-4-12/h2-10H,11H2,1H3/b9-2-. The molecule has 4 nitrogen and oxygen atoms in total. The van der Waals surface area contributed by atoms with Crippen LogP contribution in [-0.2, 0) is 6.54 Å². The predicted molar refractivity (Wildman–Crippen MR) is 99.0 cm³/mol. The normalized spacial score (nSPS) is 11.5. The molecule has 1 aromatic heterocycles. The van der Waals surface area contributed by atoms with Crippen molar-refractivity contribution in [2.24, 2.45) is 0 Å². The molecule has 24 heavy (non-hydrogen) atoms. The number of fused-ring (bicyclic) bond motifs is 1. The molecule has 1 heterocycles. The first-order valence-corrected chi connectivity index (χ1v) is 8.08. The highest BCUT2D eigenvalue weighted by atomic mass is 35.5. The summed E-state index contributed by atoms with van der Waals surface area (Å²) >= 11 is 11.9. The van der Waals surface area contributed by atoms with Crippen LogP contribution in [0, 0.1) is 0 Å². The van der Waals surface area contributed by atoms with Gasteiger partial charge in [0.15, 0.2) is 0 Å². The Bertz CT molecular complexity index is 1050. The molecule has 0 aliphatic rings. The van der Waals surface area contributed by atoms with E-state index in [-0.39, 0.29) is 12.1 Å². The summed E-state index contributed by atoms with van der Waals surface area (Å²) in [6.45, 7) is 1.97. The maximum absolute atomic E-state index is 12.8. The lowest BCUT2D eigenvalue weighted by molar-refractivity contribution is 0.693. The molecule has 0 N–H and O–H groups in total. The molecule has 122 valence electrons. The van der Waals surface area contributed by atoms with Gasteiger partial charge < -0.3 is 0 Å². The highest BCUT2D eigenvalue weighted by Gasteiger charge is 2.12. The quantitative estimate of drug-likeness (QED) is 0.708. The molecule has 0 radical (unpaired) electrons. The van der Waals surface area contributed by atoms with Crippen molar-refractivity contribution in [3.8, 4) is 0 Å². The molecule has 6 heteroatoms. The van der Waals surface area contributed by atoms with Gasteiger partial charge in [0.05, 0.1) is 17.4 Å². The lowest BCUT2D eigenvalue weighted by atomic mass is 10.2. The van der Waals surface area contributed by atoms with E-state index >= 15 is 0 Å². The van der Waals surface area contributed by atoms with Crippen molar-refractivity contribution in [1.29, 1.82) is 0 Å². The highest BCUT2D eigenvalue weighted by molar-refractivity contribution is 6.31. The Morgan fingerprint density at radius 3 is 2.33 bits per heavy atom. The van der Waals surface area contributed by atoms with Gasteiger partial charge in [-0.15, -0.1) is 0 Å². The number of rotatable bonds is 3. The second kappa shape index (κ2) is 6.67. The van der Waals surface area contributed by atoms with E-state index in [1.165, 1.54) is 9.13 Å². The zero-order valence-corrected chi connectivity index (χ0v) is 14.4. The van der Waals surface area contributed by atoms with Crippen LogP contribution in [0.1, 0.15) is 12.5 Å². The fourth-order valence-electron chi connectivity index (χ4n) is 2.56. The van der Waals surface area contributed by atoms with E-state index in [4.69, 9.17) is 23.2 Å². The molecule has 0 fully saturated rings. The van der Waals surface area contributed by atoms with Crippen molar-refractivity contribution < 1.29 is 0 Å². The number of allylic oxidation sites excluding steroid dienone is 1. The minimum atomic E-state index is -0.414. The molecule has 0 aliphatic heterocycles. The van der Waals surface area contributed by atoms with Gasteiger partial charge in [-0.2, -0.15) is 0 Å². The molecule has 0 amide bonds. The van der Waals surface area contributed by atoms with E-state index in [0.717, 1.165) is 5.56 Å². The topological polar surface area (TPSA) is 44.0 Å². The largest absolute Gasteiger partial charge is 0.335 e. The molecule has 0 bridgehead atoms. The van der Waals surface area contributed by atoms with E-state index in [2.05, 4.69) is 0 Å². The average Bonchev–Trinajstić information content (AvgIpc) is 2.57. The molecule has 3 aromatic rings. The summed E-state index contributed by atoms with van der Waals surface area (Å²) in [6, 6.07) is 11.9. The number of aromatic nitrogens is 2. The fraction of sp³-hybridized carbons (Fsp3) is 0.111. The summed E-state index contributed by atoms with van der Waals surface area (Å²) in [5, 5.41) is 1.51. The summed E-state index contributed by atoms with van der Waals surface area (Å²) in [5.41, 5.74) is 0.548. The van der Waals surface area contributed by atoms with Crippen LogP contribution in [0.4, 0.5) is 0 Å². The van der Waals surface area contributed by atoms with Crippen LogP contribution in [-0.4, -0.2) is 9.13 Å². The maximum Gasteiger partial charge on any atom is 0.335 e. The summed E-state index contributed by atoms with van der Waals surface area (Å²) in [4.78, 5) is 25.5. The summed E-state index contributed by atoms with van der Waals surface area (Å²) in [6.07, 6.45) is 3.36. The lowest BCUT2D eigenvalue weighted by Gasteiger charge is -2.11. The number of hydrogen-bond acceptors (Lipinski definition) is 2. The van der Waals surface area contributed by atoms with Gasteiger partial charge >= 0.3 is 5.69 Å². The summed E-state index contributed by atoms with van der Waals surface area (Å²) < 4.78 is 2.64. The first-order valence-electron chi connectivity index (χ1n) is 7.33. The van der Waals surface area contributed by atoms with E-state index in [1.807, 2.05) is 0 Å². The highest BCUT2D eigenvalue weighted by Crippen LogP contribution is 2.16. The summed E-state index contributed by atoms with van der Waals surface area (Å²) in [7, 11) is 0. The smallest absolute Gasteiger partial charge is 0.269 e. The van der Waals surface area contributed by atoms with Crippen molar-refractivity contribution in [3.05, 3.63) is 85.0 Å². The van der Waals surface area contributed by atoms with Crippen molar-refractivity contribution in [1.82, 2.24) is 9.13 Å². The van der Waals surface area contributed by atoms with E-state index in [9.17, 15) is 9.59 Å². The Morgan fingerprint density at radius 1 is 1.00 bits per heavy atom. The zero-order valence-electron chi connectivity index (χ0n) is 12.9. The molecular formula is C18H14Cl2N2O2. The molecule has 0 saturated carbocycles. The van der Waals surface area contributed by atoms with Gasteiger partial charge in [-0.25, -0.2) is 4.79 Å². The third-order valence-corrected chi connectivity index (χ3v) is 4.17. The number of nitrogens with zero attached hydrogens (tertiary/aromatic N) is 2. The molecular weight excluding hydrogens is 347 g/mol. The monoisotopic (exact) mass is 360 g/mol. The van der Waals surface area contributed by atoms with Gasteiger partial charge in [0.25, 0.3) is 5.56 Å². The van der Waals surface area contributed by atoms with Gasteiger partial charge in [-0.3, -0.25) is 13.9 Å². The van der Waals surface area contributed by atoms with Gasteiger partial charge in [-0.1, -0.05) is 41.4 Å². The number of hydrogen-bond donors (Lipinski definition) is 0. The third-order valence-electron chi connectivity index (χ3n) is 3.68. The van der Waals surface area contributed by atoms with Crippen molar-refractivity contribution in [3.63, 3.8) is 0 Å². The molecule has 0 aliphatic carbocycles. The SMILES string of the molecule is C/C=C\n1c(=O)n(Cc2ccc(Cl)cc2)c(=O)c2ccc(Cl)cc21. The summed E-state index contributed by atoms with van der Waals surface area (Å²) in [5.74, 6) is 0. The molecule has 0 atom stereocenters. The Hall–Kier alpha value is -2.30. The van der Waals surface area contributed by atoms with Crippen LogP contribution in [0.15, 0.2) is 58.1 Å². The van der Waals surface area contributed by atoms with Gasteiger partial charge in [0.2, 0.25) is 0 Å². The minimum absolute atomic E-state index is 0.172. The van der Waals surface area contributed by atoms with Gasteiger partial charge in [0.1, 0.15) is 0 Å². The van der Waals surface area contributed by atoms with Gasteiger partial charge in [-0.05, 0) is 42.8 Å². The lowest BCUT2D eigenvalue weighted by Crippen LogP contribution is -2.38. The number of halogens is 2. The zero-order chi connectivity index (χ0) is 17.3. The second-order valence-electron chi connectivity index (χ2n) is 5.31. The molecule has 2 aromatic carbocycles. The Morgan fingerprint density at radius 2 is 1.67 bits per heavy atom. The van der Waals surface area contributed by atoms with Crippen molar-refractivity contribution >= 4 is 40.3 Å². The second-order valence-corrected chi connectivity index (χ2v) is 6.19. The fourth-order valence-corrected chi connectivity index (χ4v) is 2.85. The predicted octanol–water partition coefficient (Wildman–Crippen LogP) is 4.01. The van der Waals surface area contributed by atoms with E-state index in [1.54, 1.807) is 61.7 Å². The first-order chi connectivity index (χ1) is 11.5. The molecule has 0 spiro atoms. The third kappa shape index (κ3) is 3.03. The Balaban J connectivity index is 2.28. The molecule has 0 unspecified atom stereocenters. The van der Waals surface area contributed by atoms with E-state index < -0.39 is 5.69 Å².